The van der Waals surface area contributed by atoms with Crippen molar-refractivity contribution in [1.29, 1.82) is 0 Å². The molecule has 1 aromatic heterocycles. The van der Waals surface area contributed by atoms with Crippen LogP contribution in [0, 0.1) is 0 Å². The molecule has 0 fully saturated rings. The highest BCUT2D eigenvalue weighted by Crippen LogP contribution is 2.20. The van der Waals surface area contributed by atoms with Crippen molar-refractivity contribution in [2.75, 3.05) is 11.9 Å². The maximum absolute atomic E-state index is 11.3. The number of anilines is 1. The number of halogens is 1. The fourth-order valence-electron chi connectivity index (χ4n) is 1.07. The fourth-order valence-corrected chi connectivity index (χ4v) is 1.27. The highest BCUT2D eigenvalue weighted by Gasteiger charge is 2.15. The first-order chi connectivity index (χ1) is 8.54. The van der Waals surface area contributed by atoms with E-state index in [0.29, 0.717) is 0 Å². The van der Waals surface area contributed by atoms with Crippen LogP contribution in [-0.2, 0) is 16.0 Å². The zero-order chi connectivity index (χ0) is 13.5. The number of nitrogens with one attached hydrogen (secondary N) is 1. The highest BCUT2D eigenvalue weighted by atomic mass is 35.5. The molecule has 0 saturated heterocycles. The number of aromatic nitrogens is 2. The number of amides is 1. The minimum atomic E-state index is -1.12. The maximum atomic E-state index is 11.3. The van der Waals surface area contributed by atoms with E-state index in [4.69, 9.17) is 16.7 Å². The molecule has 7 nitrogen and oxygen atoms in total. The van der Waals surface area contributed by atoms with Crippen LogP contribution in [0.5, 0.6) is 0 Å². The van der Waals surface area contributed by atoms with Crippen molar-refractivity contribution in [3.63, 3.8) is 0 Å². The molecule has 0 aliphatic carbocycles. The second-order valence-electron chi connectivity index (χ2n) is 3.07. The van der Waals surface area contributed by atoms with E-state index in [0.717, 1.165) is 6.33 Å². The molecule has 0 radical (unpaired) electrons. The van der Waals surface area contributed by atoms with Crippen molar-refractivity contribution < 1.29 is 19.4 Å². The number of ether oxygens (including phenoxy) is 1. The third-order valence-corrected chi connectivity index (χ3v) is 2.10. The topological polar surface area (TPSA) is 101 Å². The molecule has 0 saturated carbocycles. The minimum absolute atomic E-state index is 0.00598. The van der Waals surface area contributed by atoms with Gasteiger partial charge in [-0.3, -0.25) is 10.1 Å². The van der Waals surface area contributed by atoms with E-state index in [-0.39, 0.29) is 23.1 Å². The van der Waals surface area contributed by atoms with Crippen LogP contribution in [0.3, 0.4) is 0 Å². The molecule has 96 valence electrons. The molecule has 0 spiro atoms. The standard InChI is InChI=1S/C10H10ClN3O4/c1-2-3-18-10(17)14-9-6(4-7(15)16)8(11)12-5-13-9/h2,5H,1,3-4H2,(H,15,16)(H,12,13,14,17). The molecule has 0 unspecified atom stereocenters. The van der Waals surface area contributed by atoms with Gasteiger partial charge < -0.3 is 9.84 Å². The second-order valence-corrected chi connectivity index (χ2v) is 3.43. The Kier molecular flexibility index (Phi) is 5.06. The summed E-state index contributed by atoms with van der Waals surface area (Å²) in [6.07, 6.45) is 1.31. The molecule has 1 aromatic rings. The Morgan fingerprint density at radius 1 is 1.56 bits per heavy atom. The van der Waals surface area contributed by atoms with Gasteiger partial charge in [-0.2, -0.15) is 0 Å². The van der Waals surface area contributed by atoms with Gasteiger partial charge in [0.2, 0.25) is 0 Å². The Labute approximate surface area is 107 Å². The van der Waals surface area contributed by atoms with Gasteiger partial charge in [0.1, 0.15) is 23.9 Å². The number of carboxylic acids is 1. The summed E-state index contributed by atoms with van der Waals surface area (Å²) in [6.45, 7) is 3.41. The number of hydrogen-bond donors (Lipinski definition) is 2. The first kappa shape index (κ1) is 13.9. The molecule has 1 rings (SSSR count). The molecule has 0 bridgehead atoms. The summed E-state index contributed by atoms with van der Waals surface area (Å²) in [6, 6.07) is 0. The SMILES string of the molecule is C=CCOC(=O)Nc1ncnc(Cl)c1CC(=O)O. The molecule has 1 heterocycles. The lowest BCUT2D eigenvalue weighted by atomic mass is 10.2. The molecule has 0 atom stereocenters. The summed E-state index contributed by atoms with van der Waals surface area (Å²) >= 11 is 5.74. The van der Waals surface area contributed by atoms with Crippen molar-refractivity contribution >= 4 is 29.5 Å². The first-order valence-electron chi connectivity index (χ1n) is 4.80. The Morgan fingerprint density at radius 2 is 2.28 bits per heavy atom. The molecule has 8 heteroatoms. The van der Waals surface area contributed by atoms with E-state index < -0.39 is 18.5 Å². The van der Waals surface area contributed by atoms with Gasteiger partial charge in [0, 0.05) is 5.56 Å². The number of carbonyl (C=O) groups excluding carboxylic acids is 1. The Bertz CT molecular complexity index is 478. The molecular formula is C10H10ClN3O4. The van der Waals surface area contributed by atoms with Crippen LogP contribution in [0.25, 0.3) is 0 Å². The molecule has 0 aliphatic rings. The summed E-state index contributed by atoms with van der Waals surface area (Å²) in [7, 11) is 0. The first-order valence-corrected chi connectivity index (χ1v) is 5.18. The van der Waals surface area contributed by atoms with Crippen LogP contribution >= 0.6 is 11.6 Å². The van der Waals surface area contributed by atoms with E-state index >= 15 is 0 Å². The highest BCUT2D eigenvalue weighted by molar-refractivity contribution is 6.30. The molecule has 2 N–H and O–H groups in total. The number of nitrogens with zero attached hydrogens (tertiary/aromatic N) is 2. The van der Waals surface area contributed by atoms with Gasteiger partial charge in [0.15, 0.2) is 0 Å². The van der Waals surface area contributed by atoms with Crippen molar-refractivity contribution in [3.05, 3.63) is 29.7 Å². The maximum Gasteiger partial charge on any atom is 0.413 e. The van der Waals surface area contributed by atoms with Crippen LogP contribution in [0.4, 0.5) is 10.6 Å². The zero-order valence-electron chi connectivity index (χ0n) is 9.22. The molecule has 18 heavy (non-hydrogen) atoms. The number of carboxylic acid groups (broad SMARTS) is 1. The minimum Gasteiger partial charge on any atom is -0.481 e. The zero-order valence-corrected chi connectivity index (χ0v) is 9.98. The quantitative estimate of drug-likeness (QED) is 0.621. The number of hydrogen-bond acceptors (Lipinski definition) is 5. The van der Waals surface area contributed by atoms with Gasteiger partial charge in [-0.25, -0.2) is 14.8 Å². The lowest BCUT2D eigenvalue weighted by Crippen LogP contribution is -2.17. The van der Waals surface area contributed by atoms with Crippen LogP contribution < -0.4 is 5.32 Å². The summed E-state index contributed by atoms with van der Waals surface area (Å²) in [5.41, 5.74) is 0.113. The van der Waals surface area contributed by atoms with Crippen molar-refractivity contribution in [2.24, 2.45) is 0 Å². The van der Waals surface area contributed by atoms with E-state index in [1.165, 1.54) is 6.08 Å². The van der Waals surface area contributed by atoms with Crippen LogP contribution in [0.1, 0.15) is 5.56 Å². The molecule has 1 amide bonds. The predicted molar refractivity (Wildman–Crippen MR) is 63.5 cm³/mol. The molecular weight excluding hydrogens is 262 g/mol. The van der Waals surface area contributed by atoms with Gasteiger partial charge in [-0.15, -0.1) is 0 Å². The van der Waals surface area contributed by atoms with Crippen molar-refractivity contribution in [3.8, 4) is 0 Å². The number of rotatable bonds is 5. The Morgan fingerprint density at radius 3 is 2.89 bits per heavy atom. The van der Waals surface area contributed by atoms with Gasteiger partial charge in [-0.05, 0) is 0 Å². The summed E-state index contributed by atoms with van der Waals surface area (Å²) in [5, 5.41) is 11.0. The van der Waals surface area contributed by atoms with Gasteiger partial charge >= 0.3 is 12.1 Å². The normalized spacial score (nSPS) is 9.61. The van der Waals surface area contributed by atoms with Crippen LogP contribution in [-0.4, -0.2) is 33.7 Å². The van der Waals surface area contributed by atoms with Crippen molar-refractivity contribution in [2.45, 2.75) is 6.42 Å². The largest absolute Gasteiger partial charge is 0.481 e. The Hall–Kier alpha value is -2.15. The number of carbonyl (C=O) groups is 2. The Balaban J connectivity index is 2.87. The fraction of sp³-hybridized carbons (Fsp3) is 0.200. The van der Waals surface area contributed by atoms with E-state index in [9.17, 15) is 9.59 Å². The lowest BCUT2D eigenvalue weighted by Gasteiger charge is -2.09. The molecule has 0 aliphatic heterocycles. The number of aliphatic carboxylic acids is 1. The monoisotopic (exact) mass is 271 g/mol. The summed E-state index contributed by atoms with van der Waals surface area (Å²) in [5.74, 6) is -1.11. The summed E-state index contributed by atoms with van der Waals surface area (Å²) < 4.78 is 4.68. The van der Waals surface area contributed by atoms with Crippen molar-refractivity contribution in [1.82, 2.24) is 9.97 Å². The smallest absolute Gasteiger partial charge is 0.413 e. The van der Waals surface area contributed by atoms with Gasteiger partial charge in [-0.1, -0.05) is 24.3 Å². The van der Waals surface area contributed by atoms with Gasteiger partial charge in [0.25, 0.3) is 0 Å². The van der Waals surface area contributed by atoms with E-state index in [1.807, 2.05) is 0 Å². The second kappa shape index (κ2) is 6.55. The van der Waals surface area contributed by atoms with Gasteiger partial charge in [0.05, 0.1) is 6.42 Å². The third-order valence-electron chi connectivity index (χ3n) is 1.77. The third kappa shape index (κ3) is 4.02. The van der Waals surface area contributed by atoms with E-state index in [1.54, 1.807) is 0 Å². The summed E-state index contributed by atoms with van der Waals surface area (Å²) in [4.78, 5) is 29.3. The van der Waals surface area contributed by atoms with E-state index in [2.05, 4.69) is 26.6 Å². The lowest BCUT2D eigenvalue weighted by molar-refractivity contribution is -0.136. The molecule has 0 aromatic carbocycles. The average Bonchev–Trinajstić information content (AvgIpc) is 2.30. The average molecular weight is 272 g/mol. The van der Waals surface area contributed by atoms with Crippen LogP contribution in [0.15, 0.2) is 19.0 Å². The van der Waals surface area contributed by atoms with Crippen LogP contribution in [0.2, 0.25) is 5.15 Å². The predicted octanol–water partition coefficient (Wildman–Crippen LogP) is 1.49.